The largest absolute Gasteiger partial charge is 0.495 e. The van der Waals surface area contributed by atoms with Crippen molar-refractivity contribution in [3.05, 3.63) is 18.3 Å². The Labute approximate surface area is 94.2 Å². The molecule has 16 heavy (non-hydrogen) atoms. The van der Waals surface area contributed by atoms with Crippen LogP contribution in [0.2, 0.25) is 0 Å². The zero-order valence-corrected chi connectivity index (χ0v) is 9.19. The Morgan fingerprint density at radius 3 is 3.06 bits per heavy atom. The van der Waals surface area contributed by atoms with E-state index in [1.54, 1.807) is 13.3 Å². The van der Waals surface area contributed by atoms with Crippen LogP contribution in [-0.4, -0.2) is 30.6 Å². The predicted octanol–water partition coefficient (Wildman–Crippen LogP) is 0.781. The van der Waals surface area contributed by atoms with Gasteiger partial charge in [-0.15, -0.1) is 0 Å². The summed E-state index contributed by atoms with van der Waals surface area (Å²) in [6, 6.07) is 3.93. The summed E-state index contributed by atoms with van der Waals surface area (Å²) in [6.07, 6.45) is 3.18. The van der Waals surface area contributed by atoms with Crippen LogP contribution in [-0.2, 0) is 4.79 Å². The van der Waals surface area contributed by atoms with Gasteiger partial charge in [-0.1, -0.05) is 0 Å². The molecule has 1 aliphatic rings. The Hall–Kier alpha value is -1.78. The summed E-state index contributed by atoms with van der Waals surface area (Å²) in [5.41, 5.74) is 0. The summed E-state index contributed by atoms with van der Waals surface area (Å²) in [7, 11) is 1.61. The summed E-state index contributed by atoms with van der Waals surface area (Å²) in [4.78, 5) is 15.2. The van der Waals surface area contributed by atoms with Crippen molar-refractivity contribution >= 4 is 11.7 Å². The number of ether oxygens (including phenoxy) is 1. The highest BCUT2D eigenvalue weighted by molar-refractivity contribution is 5.78. The lowest BCUT2D eigenvalue weighted by molar-refractivity contribution is -0.119. The van der Waals surface area contributed by atoms with Gasteiger partial charge in [-0.2, -0.15) is 0 Å². The standard InChI is InChI=1S/C11H15N3O2/c1-16-9-3-4-10(13-7-9)12-6-8-2-5-11(15)14-8/h3-4,7-8H,2,5-6H2,1H3,(H,12,13)(H,14,15). The molecular formula is C11H15N3O2. The lowest BCUT2D eigenvalue weighted by atomic mass is 10.2. The zero-order valence-electron chi connectivity index (χ0n) is 9.19. The van der Waals surface area contributed by atoms with Gasteiger partial charge in [0.1, 0.15) is 11.6 Å². The summed E-state index contributed by atoms with van der Waals surface area (Å²) in [5.74, 6) is 1.66. The third-order valence-electron chi connectivity index (χ3n) is 2.59. The van der Waals surface area contributed by atoms with E-state index in [4.69, 9.17) is 4.74 Å². The molecule has 5 heteroatoms. The van der Waals surface area contributed by atoms with Crippen molar-refractivity contribution in [3.63, 3.8) is 0 Å². The molecular weight excluding hydrogens is 206 g/mol. The van der Waals surface area contributed by atoms with E-state index in [0.717, 1.165) is 18.0 Å². The first kappa shape index (κ1) is 10.7. The maximum Gasteiger partial charge on any atom is 0.220 e. The van der Waals surface area contributed by atoms with Crippen molar-refractivity contribution in [1.29, 1.82) is 0 Å². The number of anilines is 1. The Kier molecular flexibility index (Phi) is 3.24. The lowest BCUT2D eigenvalue weighted by Crippen LogP contribution is -2.31. The van der Waals surface area contributed by atoms with E-state index in [-0.39, 0.29) is 11.9 Å². The highest BCUT2D eigenvalue weighted by Crippen LogP contribution is 2.12. The van der Waals surface area contributed by atoms with Crippen LogP contribution in [0.25, 0.3) is 0 Å². The van der Waals surface area contributed by atoms with Crippen LogP contribution >= 0.6 is 0 Å². The van der Waals surface area contributed by atoms with Gasteiger partial charge >= 0.3 is 0 Å². The minimum atomic E-state index is 0.134. The molecule has 1 aliphatic heterocycles. The molecule has 5 nitrogen and oxygen atoms in total. The topological polar surface area (TPSA) is 63.2 Å². The van der Waals surface area contributed by atoms with E-state index in [0.29, 0.717) is 13.0 Å². The fraction of sp³-hybridized carbons (Fsp3) is 0.455. The van der Waals surface area contributed by atoms with Gasteiger partial charge in [0.25, 0.3) is 0 Å². The molecule has 1 fully saturated rings. The van der Waals surface area contributed by atoms with Crippen molar-refractivity contribution in [2.75, 3.05) is 19.0 Å². The van der Waals surface area contributed by atoms with Crippen molar-refractivity contribution in [2.24, 2.45) is 0 Å². The van der Waals surface area contributed by atoms with Crippen LogP contribution in [0.1, 0.15) is 12.8 Å². The predicted molar refractivity (Wildman–Crippen MR) is 60.4 cm³/mol. The van der Waals surface area contributed by atoms with Crippen LogP contribution in [0.3, 0.4) is 0 Å². The molecule has 2 rings (SSSR count). The quantitative estimate of drug-likeness (QED) is 0.788. The number of hydrogen-bond acceptors (Lipinski definition) is 4. The van der Waals surface area contributed by atoms with Crippen molar-refractivity contribution in [1.82, 2.24) is 10.3 Å². The molecule has 1 atom stereocenters. The van der Waals surface area contributed by atoms with Crippen LogP contribution in [0, 0.1) is 0 Å². The average Bonchev–Trinajstić information content (AvgIpc) is 2.73. The van der Waals surface area contributed by atoms with Gasteiger partial charge in [0.2, 0.25) is 5.91 Å². The number of carbonyl (C=O) groups excluding carboxylic acids is 1. The van der Waals surface area contributed by atoms with Crippen LogP contribution in [0.4, 0.5) is 5.82 Å². The number of aromatic nitrogens is 1. The van der Waals surface area contributed by atoms with E-state index in [9.17, 15) is 4.79 Å². The molecule has 2 heterocycles. The molecule has 1 saturated heterocycles. The van der Waals surface area contributed by atoms with E-state index in [1.165, 1.54) is 0 Å². The van der Waals surface area contributed by atoms with Gasteiger partial charge in [0, 0.05) is 19.0 Å². The highest BCUT2D eigenvalue weighted by atomic mass is 16.5. The van der Waals surface area contributed by atoms with Gasteiger partial charge in [-0.3, -0.25) is 4.79 Å². The minimum Gasteiger partial charge on any atom is -0.495 e. The zero-order chi connectivity index (χ0) is 11.4. The first-order valence-corrected chi connectivity index (χ1v) is 5.31. The maximum atomic E-state index is 11.0. The monoisotopic (exact) mass is 221 g/mol. The van der Waals surface area contributed by atoms with Gasteiger partial charge in [0.05, 0.1) is 13.3 Å². The molecule has 1 aromatic rings. The molecule has 0 radical (unpaired) electrons. The third kappa shape index (κ3) is 2.62. The number of nitrogens with zero attached hydrogens (tertiary/aromatic N) is 1. The average molecular weight is 221 g/mol. The molecule has 1 aromatic heterocycles. The smallest absolute Gasteiger partial charge is 0.220 e. The Bertz CT molecular complexity index is 364. The maximum absolute atomic E-state index is 11.0. The molecule has 0 saturated carbocycles. The first-order valence-electron chi connectivity index (χ1n) is 5.31. The van der Waals surface area contributed by atoms with Gasteiger partial charge in [0.15, 0.2) is 0 Å². The van der Waals surface area contributed by atoms with Crippen LogP contribution in [0.15, 0.2) is 18.3 Å². The second-order valence-corrected chi connectivity index (χ2v) is 3.77. The fourth-order valence-corrected chi connectivity index (χ4v) is 1.66. The van der Waals surface area contributed by atoms with E-state index < -0.39 is 0 Å². The molecule has 2 N–H and O–H groups in total. The summed E-state index contributed by atoms with van der Waals surface area (Å²) in [6.45, 7) is 0.713. The second-order valence-electron chi connectivity index (χ2n) is 3.77. The molecule has 0 aromatic carbocycles. The molecule has 1 amide bonds. The Morgan fingerprint density at radius 2 is 2.50 bits per heavy atom. The number of rotatable bonds is 4. The summed E-state index contributed by atoms with van der Waals surface area (Å²) >= 11 is 0. The Morgan fingerprint density at radius 1 is 1.62 bits per heavy atom. The second kappa shape index (κ2) is 4.83. The van der Waals surface area contributed by atoms with Gasteiger partial charge in [-0.05, 0) is 18.6 Å². The summed E-state index contributed by atoms with van der Waals surface area (Å²) < 4.78 is 5.01. The van der Waals surface area contributed by atoms with Crippen molar-refractivity contribution in [2.45, 2.75) is 18.9 Å². The third-order valence-corrected chi connectivity index (χ3v) is 2.59. The van der Waals surface area contributed by atoms with Gasteiger partial charge in [-0.25, -0.2) is 4.98 Å². The number of carbonyl (C=O) groups is 1. The molecule has 0 spiro atoms. The molecule has 0 bridgehead atoms. The summed E-state index contributed by atoms with van der Waals surface area (Å²) in [5, 5.41) is 6.07. The molecule has 0 aliphatic carbocycles. The Balaban J connectivity index is 1.82. The number of methoxy groups -OCH3 is 1. The van der Waals surface area contributed by atoms with Crippen LogP contribution in [0.5, 0.6) is 5.75 Å². The van der Waals surface area contributed by atoms with Gasteiger partial charge < -0.3 is 15.4 Å². The fourth-order valence-electron chi connectivity index (χ4n) is 1.66. The van der Waals surface area contributed by atoms with E-state index >= 15 is 0 Å². The SMILES string of the molecule is COc1ccc(NCC2CCC(=O)N2)nc1. The van der Waals surface area contributed by atoms with Crippen molar-refractivity contribution < 1.29 is 9.53 Å². The molecule has 86 valence electrons. The highest BCUT2D eigenvalue weighted by Gasteiger charge is 2.19. The minimum absolute atomic E-state index is 0.134. The number of hydrogen-bond donors (Lipinski definition) is 2. The van der Waals surface area contributed by atoms with E-state index in [1.807, 2.05) is 12.1 Å². The molecule has 1 unspecified atom stereocenters. The number of amides is 1. The number of pyridine rings is 1. The van der Waals surface area contributed by atoms with E-state index in [2.05, 4.69) is 15.6 Å². The first-order chi connectivity index (χ1) is 7.78. The van der Waals surface area contributed by atoms with Crippen LogP contribution < -0.4 is 15.4 Å². The van der Waals surface area contributed by atoms with Crippen molar-refractivity contribution in [3.8, 4) is 5.75 Å². The number of nitrogens with one attached hydrogen (secondary N) is 2. The lowest BCUT2D eigenvalue weighted by Gasteiger charge is -2.11. The normalized spacial score (nSPS) is 19.3.